The third kappa shape index (κ3) is 2.36. The van der Waals surface area contributed by atoms with Gasteiger partial charge in [0.25, 0.3) is 0 Å². The average Bonchev–Trinajstić information content (AvgIpc) is 2.39. The maximum atomic E-state index is 8.96. The van der Waals surface area contributed by atoms with Gasteiger partial charge in [0.15, 0.2) is 0 Å². The minimum atomic E-state index is 0.410. The van der Waals surface area contributed by atoms with Gasteiger partial charge in [0.05, 0.1) is 11.1 Å². The fraction of sp³-hybridized carbons (Fsp3) is 0. The molecule has 0 spiro atoms. The molecule has 3 heteroatoms. The van der Waals surface area contributed by atoms with Crippen LogP contribution in [0.2, 0.25) is 0 Å². The molecule has 0 aliphatic carbocycles. The van der Waals surface area contributed by atoms with Gasteiger partial charge in [-0.3, -0.25) is 0 Å². The number of hydrogen-bond acceptors (Lipinski definition) is 2. The van der Waals surface area contributed by atoms with Crippen LogP contribution in [0.4, 0.5) is 0 Å². The highest BCUT2D eigenvalue weighted by Gasteiger charge is 2.04. The summed E-state index contributed by atoms with van der Waals surface area (Å²) in [4.78, 5) is 0. The maximum absolute atomic E-state index is 8.96. The number of nitrogens with zero attached hydrogens (tertiary/aromatic N) is 2. The van der Waals surface area contributed by atoms with E-state index in [2.05, 4.69) is 15.9 Å². The molecule has 0 N–H and O–H groups in total. The lowest BCUT2D eigenvalue weighted by Crippen LogP contribution is -1.85. The van der Waals surface area contributed by atoms with E-state index in [1.54, 1.807) is 12.1 Å². The van der Waals surface area contributed by atoms with Crippen LogP contribution in [0.3, 0.4) is 0 Å². The van der Waals surface area contributed by atoms with Gasteiger partial charge in [-0.15, -0.1) is 0 Å². The van der Waals surface area contributed by atoms with Gasteiger partial charge in [-0.25, -0.2) is 0 Å². The zero-order chi connectivity index (χ0) is 12.3. The quantitative estimate of drug-likeness (QED) is 0.797. The Labute approximate surface area is 108 Å². The molecule has 0 atom stereocenters. The van der Waals surface area contributed by atoms with E-state index in [0.29, 0.717) is 11.1 Å². The lowest BCUT2D eigenvalue weighted by Gasteiger charge is -2.03. The Morgan fingerprint density at radius 2 is 1.35 bits per heavy atom. The van der Waals surface area contributed by atoms with Crippen LogP contribution < -0.4 is 0 Å². The van der Waals surface area contributed by atoms with Gasteiger partial charge in [-0.05, 0) is 35.4 Å². The van der Waals surface area contributed by atoms with Gasteiger partial charge in [-0.1, -0.05) is 34.1 Å². The van der Waals surface area contributed by atoms with Crippen LogP contribution in [0.5, 0.6) is 0 Å². The highest BCUT2D eigenvalue weighted by atomic mass is 79.9. The van der Waals surface area contributed by atoms with Gasteiger partial charge in [0, 0.05) is 4.47 Å². The second-order valence-electron chi connectivity index (χ2n) is 3.49. The molecule has 0 aliphatic heterocycles. The van der Waals surface area contributed by atoms with Crippen LogP contribution in [0.25, 0.3) is 11.1 Å². The molecule has 80 valence electrons. The Kier molecular flexibility index (Phi) is 3.23. The minimum absolute atomic E-state index is 0.410. The summed E-state index contributed by atoms with van der Waals surface area (Å²) in [5, 5.41) is 17.8. The van der Waals surface area contributed by atoms with Crippen molar-refractivity contribution in [1.82, 2.24) is 0 Å². The summed E-state index contributed by atoms with van der Waals surface area (Å²) in [7, 11) is 0. The van der Waals surface area contributed by atoms with E-state index in [-0.39, 0.29) is 0 Å². The summed E-state index contributed by atoms with van der Waals surface area (Å²) in [6.45, 7) is 0. The second-order valence-corrected chi connectivity index (χ2v) is 4.41. The number of halogens is 1. The molecule has 0 aromatic heterocycles. The zero-order valence-electron chi connectivity index (χ0n) is 8.81. The highest BCUT2D eigenvalue weighted by Crippen LogP contribution is 2.23. The SMILES string of the molecule is N#Cc1ccc(-c2ccc(Br)cc2)cc1C#N. The Hall–Kier alpha value is -2.10. The summed E-state index contributed by atoms with van der Waals surface area (Å²) in [5.41, 5.74) is 2.78. The van der Waals surface area contributed by atoms with Crippen LogP contribution in [-0.4, -0.2) is 0 Å². The molecule has 0 amide bonds. The monoisotopic (exact) mass is 282 g/mol. The molecule has 2 nitrogen and oxygen atoms in total. The van der Waals surface area contributed by atoms with Crippen molar-refractivity contribution in [3.8, 4) is 23.3 Å². The first kappa shape index (κ1) is 11.4. The first-order chi connectivity index (χ1) is 8.24. The number of benzene rings is 2. The summed E-state index contributed by atoms with van der Waals surface area (Å²) in [6, 6.07) is 17.1. The molecule has 0 saturated carbocycles. The molecule has 2 rings (SSSR count). The van der Waals surface area contributed by atoms with E-state index in [0.717, 1.165) is 15.6 Å². The van der Waals surface area contributed by atoms with Crippen LogP contribution in [0, 0.1) is 22.7 Å². The van der Waals surface area contributed by atoms with E-state index in [9.17, 15) is 0 Å². The lowest BCUT2D eigenvalue weighted by atomic mass is 10.0. The maximum Gasteiger partial charge on any atom is 0.101 e. The van der Waals surface area contributed by atoms with Crippen molar-refractivity contribution in [2.75, 3.05) is 0 Å². The van der Waals surface area contributed by atoms with E-state index < -0.39 is 0 Å². The average molecular weight is 283 g/mol. The predicted molar refractivity (Wildman–Crippen MR) is 69.0 cm³/mol. The van der Waals surface area contributed by atoms with E-state index in [1.807, 2.05) is 42.5 Å². The van der Waals surface area contributed by atoms with E-state index in [1.165, 1.54) is 0 Å². The molecule has 2 aromatic rings. The lowest BCUT2D eigenvalue weighted by molar-refractivity contribution is 1.43. The molecule has 2 aromatic carbocycles. The van der Waals surface area contributed by atoms with E-state index in [4.69, 9.17) is 10.5 Å². The minimum Gasteiger partial charge on any atom is -0.192 e. The van der Waals surface area contributed by atoms with Gasteiger partial charge in [-0.2, -0.15) is 10.5 Å². The summed E-state index contributed by atoms with van der Waals surface area (Å²) in [6.07, 6.45) is 0. The standard InChI is InChI=1S/C14H7BrN2/c15-14-5-3-10(4-6-14)11-1-2-12(8-16)13(7-11)9-17/h1-7H. The van der Waals surface area contributed by atoms with Crippen molar-refractivity contribution in [1.29, 1.82) is 10.5 Å². The number of rotatable bonds is 1. The molecule has 0 fully saturated rings. The zero-order valence-corrected chi connectivity index (χ0v) is 10.4. The predicted octanol–water partition coefficient (Wildman–Crippen LogP) is 3.86. The second kappa shape index (κ2) is 4.82. The van der Waals surface area contributed by atoms with E-state index >= 15 is 0 Å². The highest BCUT2D eigenvalue weighted by molar-refractivity contribution is 9.10. The van der Waals surface area contributed by atoms with Crippen LogP contribution in [0.15, 0.2) is 46.9 Å². The van der Waals surface area contributed by atoms with Crippen molar-refractivity contribution in [2.45, 2.75) is 0 Å². The van der Waals surface area contributed by atoms with Gasteiger partial charge in [0.2, 0.25) is 0 Å². The molecule has 0 aliphatic rings. The molecule has 0 radical (unpaired) electrons. The Morgan fingerprint density at radius 1 is 0.765 bits per heavy atom. The summed E-state index contributed by atoms with van der Waals surface area (Å²) in [5.74, 6) is 0. The Balaban J connectivity index is 2.52. The summed E-state index contributed by atoms with van der Waals surface area (Å²) >= 11 is 3.37. The third-order valence-electron chi connectivity index (χ3n) is 2.44. The Bertz CT molecular complexity index is 631. The molecule has 0 saturated heterocycles. The Morgan fingerprint density at radius 3 is 1.94 bits per heavy atom. The largest absolute Gasteiger partial charge is 0.192 e. The van der Waals surface area contributed by atoms with Crippen LogP contribution in [-0.2, 0) is 0 Å². The number of nitriles is 2. The molecule has 0 heterocycles. The molecule has 17 heavy (non-hydrogen) atoms. The van der Waals surface area contributed by atoms with Crippen molar-refractivity contribution in [3.05, 3.63) is 58.1 Å². The summed E-state index contributed by atoms with van der Waals surface area (Å²) < 4.78 is 1.01. The topological polar surface area (TPSA) is 47.6 Å². The fourth-order valence-corrected chi connectivity index (χ4v) is 1.82. The molecule has 0 unspecified atom stereocenters. The van der Waals surface area contributed by atoms with Crippen LogP contribution >= 0.6 is 15.9 Å². The smallest absolute Gasteiger partial charge is 0.101 e. The third-order valence-corrected chi connectivity index (χ3v) is 2.97. The van der Waals surface area contributed by atoms with Crippen molar-refractivity contribution >= 4 is 15.9 Å². The first-order valence-corrected chi connectivity index (χ1v) is 5.74. The fourth-order valence-electron chi connectivity index (χ4n) is 1.56. The van der Waals surface area contributed by atoms with Crippen molar-refractivity contribution in [2.24, 2.45) is 0 Å². The van der Waals surface area contributed by atoms with Crippen molar-refractivity contribution < 1.29 is 0 Å². The van der Waals surface area contributed by atoms with Gasteiger partial charge in [0.1, 0.15) is 12.1 Å². The van der Waals surface area contributed by atoms with Crippen LogP contribution in [0.1, 0.15) is 11.1 Å². The molecular weight excluding hydrogens is 276 g/mol. The first-order valence-electron chi connectivity index (χ1n) is 4.95. The van der Waals surface area contributed by atoms with Crippen molar-refractivity contribution in [3.63, 3.8) is 0 Å². The molecular formula is C14H7BrN2. The van der Waals surface area contributed by atoms with Gasteiger partial charge < -0.3 is 0 Å². The number of hydrogen-bond donors (Lipinski definition) is 0. The van der Waals surface area contributed by atoms with Gasteiger partial charge >= 0.3 is 0 Å². The normalized spacial score (nSPS) is 9.35. The molecule has 0 bridgehead atoms.